The molecule has 3 aromatic rings. The lowest BCUT2D eigenvalue weighted by Crippen LogP contribution is -2.42. The summed E-state index contributed by atoms with van der Waals surface area (Å²) >= 11 is 0. The Bertz CT molecular complexity index is 975. The number of amides is 1. The Morgan fingerprint density at radius 1 is 1.00 bits per heavy atom. The normalized spacial score (nSPS) is 11.5. The van der Waals surface area contributed by atoms with Gasteiger partial charge in [-0.25, -0.2) is 0 Å². The fraction of sp³-hybridized carbons (Fsp3) is 0.167. The lowest BCUT2D eigenvalue weighted by molar-refractivity contribution is -0.119. The van der Waals surface area contributed by atoms with Gasteiger partial charge in [0.05, 0.1) is 17.7 Å². The minimum atomic E-state index is -0.552. The maximum Gasteiger partial charge on any atom is 0.243 e. The molecule has 0 saturated heterocycles. The van der Waals surface area contributed by atoms with Gasteiger partial charge in [-0.05, 0) is 47.7 Å². The summed E-state index contributed by atoms with van der Waals surface area (Å²) in [5.41, 5.74) is 10.5. The minimum Gasteiger partial charge on any atom is -0.320 e. The number of hydrogen-bond donors (Lipinski definition) is 1. The first-order valence-corrected chi connectivity index (χ1v) is 9.27. The van der Waals surface area contributed by atoms with Crippen molar-refractivity contribution in [1.29, 1.82) is 5.26 Å². The molecule has 0 aliphatic rings. The van der Waals surface area contributed by atoms with Crippen LogP contribution in [0.15, 0.2) is 78.9 Å². The zero-order valence-electron chi connectivity index (χ0n) is 15.9. The smallest absolute Gasteiger partial charge is 0.243 e. The molecule has 2 N–H and O–H groups in total. The summed E-state index contributed by atoms with van der Waals surface area (Å²) in [7, 11) is 1.74. The lowest BCUT2D eigenvalue weighted by atomic mass is 10.00. The van der Waals surface area contributed by atoms with E-state index in [1.807, 2.05) is 72.8 Å². The van der Waals surface area contributed by atoms with Crippen LogP contribution in [0, 0.1) is 11.3 Å². The Kier molecular flexibility index (Phi) is 6.21. The highest BCUT2D eigenvalue weighted by atomic mass is 16.2. The van der Waals surface area contributed by atoms with E-state index in [9.17, 15) is 10.1 Å². The molecule has 140 valence electrons. The highest BCUT2D eigenvalue weighted by Crippen LogP contribution is 2.26. The Morgan fingerprint density at radius 3 is 2.32 bits per heavy atom. The number of benzene rings is 3. The Hall–Kier alpha value is -3.42. The van der Waals surface area contributed by atoms with Gasteiger partial charge in [0.15, 0.2) is 0 Å². The zero-order valence-corrected chi connectivity index (χ0v) is 15.9. The van der Waals surface area contributed by atoms with Crippen molar-refractivity contribution < 1.29 is 4.79 Å². The van der Waals surface area contributed by atoms with Crippen molar-refractivity contribution in [1.82, 2.24) is 0 Å². The summed E-state index contributed by atoms with van der Waals surface area (Å²) in [5.74, 6) is -0.110. The first-order valence-electron chi connectivity index (χ1n) is 9.27. The number of likely N-dealkylation sites (N-methyl/N-ethyl adjacent to an activating group) is 1. The summed E-state index contributed by atoms with van der Waals surface area (Å²) in [4.78, 5) is 14.3. The third-order valence-corrected chi connectivity index (χ3v) is 4.85. The van der Waals surface area contributed by atoms with Crippen LogP contribution in [-0.2, 0) is 11.2 Å². The Balaban J connectivity index is 1.67. The fourth-order valence-electron chi connectivity index (χ4n) is 3.16. The van der Waals surface area contributed by atoms with E-state index in [1.54, 1.807) is 18.0 Å². The van der Waals surface area contributed by atoms with Gasteiger partial charge in [0.1, 0.15) is 0 Å². The molecule has 1 atom stereocenters. The number of rotatable bonds is 6. The molecular weight excluding hydrogens is 346 g/mol. The van der Waals surface area contributed by atoms with Gasteiger partial charge in [-0.2, -0.15) is 5.26 Å². The quantitative estimate of drug-likeness (QED) is 0.710. The number of hydrogen-bond acceptors (Lipinski definition) is 3. The summed E-state index contributed by atoms with van der Waals surface area (Å²) < 4.78 is 0. The summed E-state index contributed by atoms with van der Waals surface area (Å²) in [6.07, 6.45) is 1.37. The number of carbonyl (C=O) groups is 1. The first-order chi connectivity index (χ1) is 13.6. The molecule has 3 rings (SSSR count). The molecule has 1 amide bonds. The molecule has 0 unspecified atom stereocenters. The van der Waals surface area contributed by atoms with Gasteiger partial charge in [-0.15, -0.1) is 0 Å². The van der Waals surface area contributed by atoms with E-state index >= 15 is 0 Å². The third-order valence-electron chi connectivity index (χ3n) is 4.85. The SMILES string of the molecule is CN(C(=O)[C@H](N)CCc1ccccc1)c1ccc(-c2ccccc2C#N)cc1. The minimum absolute atomic E-state index is 0.110. The molecule has 0 bridgehead atoms. The maximum absolute atomic E-state index is 12.7. The van der Waals surface area contributed by atoms with Gasteiger partial charge >= 0.3 is 0 Å². The molecule has 0 aliphatic heterocycles. The van der Waals surface area contributed by atoms with Crippen LogP contribution in [0.3, 0.4) is 0 Å². The van der Waals surface area contributed by atoms with E-state index in [-0.39, 0.29) is 5.91 Å². The molecular formula is C24H23N3O. The number of carbonyl (C=O) groups excluding carboxylic acids is 1. The van der Waals surface area contributed by atoms with E-state index < -0.39 is 6.04 Å². The summed E-state index contributed by atoms with van der Waals surface area (Å²) in [6.45, 7) is 0. The van der Waals surface area contributed by atoms with Crippen LogP contribution in [0.5, 0.6) is 0 Å². The average molecular weight is 369 g/mol. The fourth-order valence-corrected chi connectivity index (χ4v) is 3.16. The number of anilines is 1. The molecule has 3 aromatic carbocycles. The van der Waals surface area contributed by atoms with Gasteiger partial charge in [-0.1, -0.05) is 60.7 Å². The number of nitriles is 1. The average Bonchev–Trinajstić information content (AvgIpc) is 2.77. The maximum atomic E-state index is 12.7. The second-order valence-corrected chi connectivity index (χ2v) is 6.73. The van der Waals surface area contributed by atoms with Crippen LogP contribution < -0.4 is 10.6 Å². The number of nitrogens with two attached hydrogens (primary N) is 1. The molecule has 0 fully saturated rings. The van der Waals surface area contributed by atoms with Crippen LogP contribution in [0.2, 0.25) is 0 Å². The molecule has 28 heavy (non-hydrogen) atoms. The van der Waals surface area contributed by atoms with Crippen LogP contribution in [0.1, 0.15) is 17.5 Å². The molecule has 0 saturated carbocycles. The highest BCUT2D eigenvalue weighted by molar-refractivity contribution is 5.96. The predicted molar refractivity (Wildman–Crippen MR) is 113 cm³/mol. The zero-order chi connectivity index (χ0) is 19.9. The Labute approximate surface area is 165 Å². The van der Waals surface area contributed by atoms with Gasteiger partial charge in [-0.3, -0.25) is 4.79 Å². The van der Waals surface area contributed by atoms with Crippen molar-refractivity contribution in [2.75, 3.05) is 11.9 Å². The van der Waals surface area contributed by atoms with Gasteiger partial charge in [0, 0.05) is 12.7 Å². The molecule has 4 heteroatoms. The topological polar surface area (TPSA) is 70.1 Å². The molecule has 0 heterocycles. The van der Waals surface area contributed by atoms with E-state index in [2.05, 4.69) is 6.07 Å². The van der Waals surface area contributed by atoms with Crippen LogP contribution >= 0.6 is 0 Å². The second-order valence-electron chi connectivity index (χ2n) is 6.73. The standard InChI is InChI=1S/C24H23N3O/c1-27(24(28)23(26)16-11-18-7-3-2-4-8-18)21-14-12-19(13-15-21)22-10-6-5-9-20(22)17-25/h2-10,12-15,23H,11,16,26H2,1H3/t23-/m1/s1. The van der Waals surface area contributed by atoms with Crippen molar-refractivity contribution in [2.45, 2.75) is 18.9 Å². The van der Waals surface area contributed by atoms with Gasteiger partial charge < -0.3 is 10.6 Å². The second kappa shape index (κ2) is 8.98. The largest absolute Gasteiger partial charge is 0.320 e. The van der Waals surface area contributed by atoms with Crippen LogP contribution in [0.4, 0.5) is 5.69 Å². The monoisotopic (exact) mass is 369 g/mol. The summed E-state index contributed by atoms with van der Waals surface area (Å²) in [5, 5.41) is 9.27. The molecule has 0 aliphatic carbocycles. The molecule has 4 nitrogen and oxygen atoms in total. The highest BCUT2D eigenvalue weighted by Gasteiger charge is 2.19. The van der Waals surface area contributed by atoms with E-state index in [1.165, 1.54) is 5.56 Å². The number of nitrogens with zero attached hydrogens (tertiary/aromatic N) is 2. The van der Waals surface area contributed by atoms with E-state index in [0.29, 0.717) is 12.0 Å². The Morgan fingerprint density at radius 2 is 1.64 bits per heavy atom. The molecule has 0 spiro atoms. The van der Waals surface area contributed by atoms with Crippen molar-refractivity contribution in [2.24, 2.45) is 5.73 Å². The van der Waals surface area contributed by atoms with Gasteiger partial charge in [0.2, 0.25) is 5.91 Å². The van der Waals surface area contributed by atoms with Crippen molar-refractivity contribution in [3.8, 4) is 17.2 Å². The molecule has 0 radical (unpaired) electrons. The van der Waals surface area contributed by atoms with Crippen molar-refractivity contribution >= 4 is 11.6 Å². The lowest BCUT2D eigenvalue weighted by Gasteiger charge is -2.22. The first kappa shape index (κ1) is 19.3. The molecule has 0 aromatic heterocycles. The predicted octanol–water partition coefficient (Wildman–Crippen LogP) is 4.15. The third kappa shape index (κ3) is 4.46. The van der Waals surface area contributed by atoms with Crippen molar-refractivity contribution in [3.63, 3.8) is 0 Å². The van der Waals surface area contributed by atoms with E-state index in [4.69, 9.17) is 5.73 Å². The van der Waals surface area contributed by atoms with Gasteiger partial charge in [0.25, 0.3) is 0 Å². The number of aryl methyl sites for hydroxylation is 1. The van der Waals surface area contributed by atoms with Crippen LogP contribution in [0.25, 0.3) is 11.1 Å². The summed E-state index contributed by atoms with van der Waals surface area (Å²) in [6, 6.07) is 26.8. The van der Waals surface area contributed by atoms with E-state index in [0.717, 1.165) is 23.2 Å². The van der Waals surface area contributed by atoms with Crippen LogP contribution in [-0.4, -0.2) is 19.0 Å². The van der Waals surface area contributed by atoms with Crippen molar-refractivity contribution in [3.05, 3.63) is 90.0 Å².